The summed E-state index contributed by atoms with van der Waals surface area (Å²) < 4.78 is 44.4. The van der Waals surface area contributed by atoms with E-state index in [1.165, 1.54) is 26.4 Å². The van der Waals surface area contributed by atoms with Crippen molar-refractivity contribution < 1.29 is 37.4 Å². The van der Waals surface area contributed by atoms with E-state index in [2.05, 4.69) is 0 Å². The molecule has 3 rings (SSSR count). The predicted molar refractivity (Wildman–Crippen MR) is 105 cm³/mol. The van der Waals surface area contributed by atoms with Crippen molar-refractivity contribution in [3.8, 4) is 17.2 Å². The maximum absolute atomic E-state index is 13.0. The Morgan fingerprint density at radius 2 is 1.83 bits per heavy atom. The molecule has 29 heavy (non-hydrogen) atoms. The molecule has 1 heterocycles. The lowest BCUT2D eigenvalue weighted by atomic mass is 10.2. The van der Waals surface area contributed by atoms with Crippen LogP contribution in [0.3, 0.4) is 0 Å². The van der Waals surface area contributed by atoms with Gasteiger partial charge in [-0.05, 0) is 30.3 Å². The largest absolute Gasteiger partial charge is 0.480 e. The Kier molecular flexibility index (Phi) is 6.93. The van der Waals surface area contributed by atoms with Crippen molar-refractivity contribution in [2.24, 2.45) is 0 Å². The van der Waals surface area contributed by atoms with E-state index < -0.39 is 26.0 Å². The van der Waals surface area contributed by atoms with Crippen LogP contribution in [0.15, 0.2) is 36.4 Å². The van der Waals surface area contributed by atoms with Crippen LogP contribution in [-0.2, 0) is 23.1 Å². The molecule has 1 aliphatic heterocycles. The molecule has 0 radical (unpaired) electrons. The van der Waals surface area contributed by atoms with Gasteiger partial charge in [-0.25, -0.2) is 4.79 Å². The van der Waals surface area contributed by atoms with Gasteiger partial charge in [0.25, 0.3) is 0 Å². The van der Waals surface area contributed by atoms with Crippen molar-refractivity contribution in [1.82, 2.24) is 0 Å². The highest BCUT2D eigenvalue weighted by molar-refractivity contribution is 7.54. The van der Waals surface area contributed by atoms with Crippen molar-refractivity contribution >= 4 is 36.8 Å². The van der Waals surface area contributed by atoms with Gasteiger partial charge in [0.15, 0.2) is 18.1 Å². The molecule has 1 atom stereocenters. The standard InChI is InChI=1S/C18H17Cl2O8P/c1-23-29(22,24-2)18(11-3-5-15-16(7-11)27-10-26-15)28-17(21)9-25-14-6-4-12(19)8-13(14)20/h3-8,18H,9-10H2,1-2H3. The van der Waals surface area contributed by atoms with Crippen LogP contribution < -0.4 is 14.2 Å². The van der Waals surface area contributed by atoms with Crippen molar-refractivity contribution in [3.05, 3.63) is 52.0 Å². The number of benzene rings is 2. The van der Waals surface area contributed by atoms with E-state index in [0.717, 1.165) is 0 Å². The van der Waals surface area contributed by atoms with Crippen LogP contribution in [0.1, 0.15) is 11.4 Å². The fourth-order valence-electron chi connectivity index (χ4n) is 2.54. The number of ether oxygens (including phenoxy) is 4. The van der Waals surface area contributed by atoms with E-state index >= 15 is 0 Å². The van der Waals surface area contributed by atoms with Crippen LogP contribution in [0.4, 0.5) is 0 Å². The van der Waals surface area contributed by atoms with Crippen molar-refractivity contribution in [1.29, 1.82) is 0 Å². The molecule has 0 spiro atoms. The van der Waals surface area contributed by atoms with Crippen LogP contribution >= 0.6 is 30.8 Å². The summed E-state index contributed by atoms with van der Waals surface area (Å²) >= 11 is 11.8. The summed E-state index contributed by atoms with van der Waals surface area (Å²) in [5.74, 6) is -0.971. The highest BCUT2D eigenvalue weighted by Gasteiger charge is 2.40. The number of halogens is 2. The summed E-state index contributed by atoms with van der Waals surface area (Å²) in [7, 11) is -1.45. The summed E-state index contributed by atoms with van der Waals surface area (Å²) in [6, 6.07) is 9.28. The molecule has 1 aliphatic rings. The molecular formula is C18H17Cl2O8P. The van der Waals surface area contributed by atoms with E-state index in [-0.39, 0.29) is 17.6 Å². The van der Waals surface area contributed by atoms with Gasteiger partial charge in [-0.2, -0.15) is 0 Å². The van der Waals surface area contributed by atoms with Crippen molar-refractivity contribution in [3.63, 3.8) is 0 Å². The summed E-state index contributed by atoms with van der Waals surface area (Å²) in [5, 5.41) is 0.658. The molecule has 11 heteroatoms. The molecular weight excluding hydrogens is 446 g/mol. The number of fused-ring (bicyclic) bond motifs is 1. The minimum atomic E-state index is -3.84. The topological polar surface area (TPSA) is 89.5 Å². The highest BCUT2D eigenvalue weighted by atomic mass is 35.5. The summed E-state index contributed by atoms with van der Waals surface area (Å²) in [6.07, 6.45) is 0. The fourth-order valence-corrected chi connectivity index (χ4v) is 4.30. The summed E-state index contributed by atoms with van der Waals surface area (Å²) in [6.45, 7) is -0.430. The highest BCUT2D eigenvalue weighted by Crippen LogP contribution is 2.61. The molecule has 0 fully saturated rings. The van der Waals surface area contributed by atoms with E-state index in [9.17, 15) is 9.36 Å². The molecule has 0 saturated carbocycles. The lowest BCUT2D eigenvalue weighted by molar-refractivity contribution is -0.149. The Morgan fingerprint density at radius 3 is 2.52 bits per heavy atom. The third kappa shape index (κ3) is 4.97. The van der Waals surface area contributed by atoms with Crippen LogP contribution in [0, 0.1) is 0 Å². The molecule has 2 aromatic rings. The van der Waals surface area contributed by atoms with E-state index in [0.29, 0.717) is 22.1 Å². The van der Waals surface area contributed by atoms with Crippen LogP contribution in [0.25, 0.3) is 0 Å². The minimum absolute atomic E-state index is 0.0607. The zero-order valence-corrected chi connectivity index (χ0v) is 17.8. The Morgan fingerprint density at radius 1 is 1.10 bits per heavy atom. The summed E-state index contributed by atoms with van der Waals surface area (Å²) in [4.78, 5) is 12.4. The van der Waals surface area contributed by atoms with Gasteiger partial charge in [0.2, 0.25) is 12.6 Å². The van der Waals surface area contributed by atoms with Gasteiger partial charge < -0.3 is 28.0 Å². The molecule has 0 N–H and O–H groups in total. The van der Waals surface area contributed by atoms with Crippen LogP contribution in [-0.4, -0.2) is 33.6 Å². The molecule has 1 unspecified atom stereocenters. The van der Waals surface area contributed by atoms with E-state index in [1.807, 2.05) is 0 Å². The molecule has 0 aliphatic carbocycles. The molecule has 2 aromatic carbocycles. The molecule has 156 valence electrons. The molecule has 0 aromatic heterocycles. The predicted octanol–water partition coefficient (Wildman–Crippen LogP) is 4.83. The fraction of sp³-hybridized carbons (Fsp3) is 0.278. The van der Waals surface area contributed by atoms with Gasteiger partial charge in [0, 0.05) is 24.8 Å². The number of carbonyl (C=O) groups excluding carboxylic acids is 1. The molecule has 0 saturated heterocycles. The maximum atomic E-state index is 13.0. The van der Waals surface area contributed by atoms with Crippen LogP contribution in [0.5, 0.6) is 17.2 Å². The van der Waals surface area contributed by atoms with Gasteiger partial charge in [0.1, 0.15) is 5.75 Å². The normalized spacial score (nSPS) is 13.8. The van der Waals surface area contributed by atoms with Gasteiger partial charge in [-0.15, -0.1) is 0 Å². The number of hydrogen-bond acceptors (Lipinski definition) is 8. The van der Waals surface area contributed by atoms with Gasteiger partial charge in [-0.1, -0.05) is 29.3 Å². The Balaban J connectivity index is 1.78. The van der Waals surface area contributed by atoms with Gasteiger partial charge >= 0.3 is 13.6 Å². The van der Waals surface area contributed by atoms with Crippen LogP contribution in [0.2, 0.25) is 10.0 Å². The average Bonchev–Trinajstić information content (AvgIpc) is 3.18. The minimum Gasteiger partial charge on any atom is -0.480 e. The lowest BCUT2D eigenvalue weighted by Crippen LogP contribution is -2.19. The third-order valence-corrected chi connectivity index (χ3v) is 6.49. The zero-order chi connectivity index (χ0) is 21.0. The second-order valence-electron chi connectivity index (χ2n) is 5.72. The number of hydrogen-bond donors (Lipinski definition) is 0. The average molecular weight is 463 g/mol. The quantitative estimate of drug-likeness (QED) is 0.407. The van der Waals surface area contributed by atoms with Crippen molar-refractivity contribution in [2.75, 3.05) is 27.6 Å². The molecule has 8 nitrogen and oxygen atoms in total. The first-order valence-electron chi connectivity index (χ1n) is 8.24. The maximum Gasteiger partial charge on any atom is 0.375 e. The first-order chi connectivity index (χ1) is 13.9. The number of esters is 1. The first-order valence-corrected chi connectivity index (χ1v) is 10.6. The Labute approximate surface area is 177 Å². The first kappa shape index (κ1) is 21.7. The van der Waals surface area contributed by atoms with Gasteiger partial charge in [0.05, 0.1) is 5.02 Å². The second-order valence-corrected chi connectivity index (χ2v) is 8.85. The van der Waals surface area contributed by atoms with Gasteiger partial charge in [-0.3, -0.25) is 4.57 Å². The molecule has 0 amide bonds. The second kappa shape index (κ2) is 9.24. The lowest BCUT2D eigenvalue weighted by Gasteiger charge is -2.24. The van der Waals surface area contributed by atoms with Crippen molar-refractivity contribution in [2.45, 2.75) is 5.85 Å². The zero-order valence-electron chi connectivity index (χ0n) is 15.4. The van der Waals surface area contributed by atoms with E-state index in [1.54, 1.807) is 24.3 Å². The number of rotatable bonds is 8. The smallest absolute Gasteiger partial charge is 0.375 e. The monoisotopic (exact) mass is 462 g/mol. The summed E-state index contributed by atoms with van der Waals surface area (Å²) in [5.41, 5.74) is 0.346. The molecule has 0 bridgehead atoms. The Bertz CT molecular complexity index is 943. The number of carbonyl (C=O) groups is 1. The van der Waals surface area contributed by atoms with E-state index in [4.69, 9.17) is 51.2 Å². The third-order valence-electron chi connectivity index (χ3n) is 3.96. The SMILES string of the molecule is COP(=O)(OC)C(OC(=O)COc1ccc(Cl)cc1Cl)c1ccc2c(c1)OCO2. The Hall–Kier alpha value is -1.96.